The molecule has 2 N–H and O–H groups in total. The van der Waals surface area contributed by atoms with Gasteiger partial charge in [0.1, 0.15) is 11.5 Å². The standard InChI is InChI=1S/C15H21F2NO2/c1-10-12(19-2)8-11(9-13(10)20-3)14(18)4-6-15(16,17)7-5-14/h8-9H,4-7,18H2,1-3H3. The number of methoxy groups -OCH3 is 2. The van der Waals surface area contributed by atoms with Crippen LogP contribution in [0.5, 0.6) is 11.5 Å². The first-order valence-corrected chi connectivity index (χ1v) is 6.71. The minimum Gasteiger partial charge on any atom is -0.496 e. The highest BCUT2D eigenvalue weighted by atomic mass is 19.3. The van der Waals surface area contributed by atoms with Gasteiger partial charge in [-0.25, -0.2) is 8.78 Å². The van der Waals surface area contributed by atoms with Crippen LogP contribution in [0.2, 0.25) is 0 Å². The topological polar surface area (TPSA) is 44.5 Å². The molecule has 0 heterocycles. The molecule has 0 atom stereocenters. The predicted octanol–water partition coefficient (Wildman–Crippen LogP) is 3.38. The molecular formula is C15H21F2NO2. The van der Waals surface area contributed by atoms with E-state index in [0.717, 1.165) is 11.1 Å². The second kappa shape index (κ2) is 5.20. The summed E-state index contributed by atoms with van der Waals surface area (Å²) in [5, 5.41) is 0. The van der Waals surface area contributed by atoms with Crippen molar-refractivity contribution in [1.82, 2.24) is 0 Å². The zero-order chi connectivity index (χ0) is 15.0. The van der Waals surface area contributed by atoms with E-state index in [9.17, 15) is 8.78 Å². The fourth-order valence-electron chi connectivity index (χ4n) is 2.72. The summed E-state index contributed by atoms with van der Waals surface area (Å²) < 4.78 is 37.3. The van der Waals surface area contributed by atoms with Gasteiger partial charge < -0.3 is 15.2 Å². The maximum Gasteiger partial charge on any atom is 0.248 e. The summed E-state index contributed by atoms with van der Waals surface area (Å²) >= 11 is 0. The summed E-state index contributed by atoms with van der Waals surface area (Å²) in [6.45, 7) is 1.89. The van der Waals surface area contributed by atoms with Gasteiger partial charge in [0.25, 0.3) is 0 Å². The van der Waals surface area contributed by atoms with Crippen molar-refractivity contribution in [3.8, 4) is 11.5 Å². The van der Waals surface area contributed by atoms with Gasteiger partial charge in [0, 0.05) is 23.9 Å². The highest BCUT2D eigenvalue weighted by Crippen LogP contribution is 2.44. The highest BCUT2D eigenvalue weighted by Gasteiger charge is 2.42. The minimum absolute atomic E-state index is 0.179. The van der Waals surface area contributed by atoms with Gasteiger partial charge in [-0.2, -0.15) is 0 Å². The third-order valence-corrected chi connectivity index (χ3v) is 4.20. The first-order chi connectivity index (χ1) is 9.31. The van der Waals surface area contributed by atoms with Crippen molar-refractivity contribution in [1.29, 1.82) is 0 Å². The Balaban J connectivity index is 2.37. The first kappa shape index (κ1) is 15.0. The second-order valence-electron chi connectivity index (χ2n) is 5.52. The number of rotatable bonds is 3. The Morgan fingerprint density at radius 3 is 1.85 bits per heavy atom. The van der Waals surface area contributed by atoms with E-state index in [2.05, 4.69) is 0 Å². The lowest BCUT2D eigenvalue weighted by Gasteiger charge is -2.37. The van der Waals surface area contributed by atoms with Crippen molar-refractivity contribution in [2.24, 2.45) is 5.73 Å². The molecule has 20 heavy (non-hydrogen) atoms. The van der Waals surface area contributed by atoms with E-state index >= 15 is 0 Å². The molecule has 0 radical (unpaired) electrons. The van der Waals surface area contributed by atoms with E-state index in [-0.39, 0.29) is 25.7 Å². The Bertz CT molecular complexity index is 468. The van der Waals surface area contributed by atoms with E-state index in [1.165, 1.54) is 0 Å². The van der Waals surface area contributed by atoms with Crippen LogP contribution in [0.25, 0.3) is 0 Å². The lowest BCUT2D eigenvalue weighted by Crippen LogP contribution is -2.43. The second-order valence-corrected chi connectivity index (χ2v) is 5.52. The van der Waals surface area contributed by atoms with Gasteiger partial charge in [0.15, 0.2) is 0 Å². The van der Waals surface area contributed by atoms with Crippen molar-refractivity contribution < 1.29 is 18.3 Å². The monoisotopic (exact) mass is 285 g/mol. The smallest absolute Gasteiger partial charge is 0.248 e. The molecule has 0 aliphatic heterocycles. The third-order valence-electron chi connectivity index (χ3n) is 4.20. The molecular weight excluding hydrogens is 264 g/mol. The summed E-state index contributed by atoms with van der Waals surface area (Å²) in [5.41, 5.74) is 7.29. The molecule has 0 unspecified atom stereocenters. The SMILES string of the molecule is COc1cc(C2(N)CCC(F)(F)CC2)cc(OC)c1C. The summed E-state index contributed by atoms with van der Waals surface area (Å²) in [5.74, 6) is -1.26. The summed E-state index contributed by atoms with van der Waals surface area (Å²) in [4.78, 5) is 0. The van der Waals surface area contributed by atoms with Gasteiger partial charge in [-0.05, 0) is 37.5 Å². The Morgan fingerprint density at radius 2 is 1.45 bits per heavy atom. The summed E-state index contributed by atoms with van der Waals surface area (Å²) in [6.07, 6.45) is 0.161. The quantitative estimate of drug-likeness (QED) is 0.926. The van der Waals surface area contributed by atoms with E-state index in [1.807, 2.05) is 19.1 Å². The number of halogens is 2. The lowest BCUT2D eigenvalue weighted by atomic mass is 9.75. The van der Waals surface area contributed by atoms with Crippen molar-refractivity contribution in [3.05, 3.63) is 23.3 Å². The molecule has 1 aliphatic rings. The Morgan fingerprint density at radius 1 is 1.00 bits per heavy atom. The normalized spacial score (nSPS) is 20.5. The molecule has 1 saturated carbocycles. The number of hydrogen-bond donors (Lipinski definition) is 1. The van der Waals surface area contributed by atoms with Crippen LogP contribution in [0, 0.1) is 6.92 Å². The maximum absolute atomic E-state index is 13.3. The zero-order valence-electron chi connectivity index (χ0n) is 12.1. The van der Waals surface area contributed by atoms with Gasteiger partial charge in [-0.3, -0.25) is 0 Å². The highest BCUT2D eigenvalue weighted by molar-refractivity contribution is 5.49. The molecule has 1 fully saturated rings. The van der Waals surface area contributed by atoms with Crippen molar-refractivity contribution >= 4 is 0 Å². The largest absolute Gasteiger partial charge is 0.496 e. The van der Waals surface area contributed by atoms with Crippen molar-refractivity contribution in [3.63, 3.8) is 0 Å². The Kier molecular flexibility index (Phi) is 3.91. The first-order valence-electron chi connectivity index (χ1n) is 6.71. The Labute approximate surface area is 118 Å². The molecule has 1 aromatic rings. The zero-order valence-corrected chi connectivity index (χ0v) is 12.1. The number of benzene rings is 1. The number of alkyl halides is 2. The van der Waals surface area contributed by atoms with E-state index < -0.39 is 11.5 Å². The third kappa shape index (κ3) is 2.73. The predicted molar refractivity (Wildman–Crippen MR) is 73.6 cm³/mol. The molecule has 1 aromatic carbocycles. The number of ether oxygens (including phenoxy) is 2. The average Bonchev–Trinajstić information content (AvgIpc) is 2.42. The van der Waals surface area contributed by atoms with Crippen LogP contribution in [-0.2, 0) is 5.54 Å². The molecule has 0 saturated heterocycles. The van der Waals surface area contributed by atoms with Crippen LogP contribution in [0.1, 0.15) is 36.8 Å². The Hall–Kier alpha value is -1.36. The van der Waals surface area contributed by atoms with Gasteiger partial charge in [-0.1, -0.05) is 0 Å². The van der Waals surface area contributed by atoms with Crippen LogP contribution in [-0.4, -0.2) is 20.1 Å². The van der Waals surface area contributed by atoms with Crippen LogP contribution < -0.4 is 15.2 Å². The molecule has 0 amide bonds. The average molecular weight is 285 g/mol. The fourth-order valence-corrected chi connectivity index (χ4v) is 2.72. The lowest BCUT2D eigenvalue weighted by molar-refractivity contribution is -0.0514. The van der Waals surface area contributed by atoms with Crippen molar-refractivity contribution in [2.45, 2.75) is 44.1 Å². The minimum atomic E-state index is -2.60. The molecule has 3 nitrogen and oxygen atoms in total. The van der Waals surface area contributed by atoms with Crippen LogP contribution in [0.15, 0.2) is 12.1 Å². The summed E-state index contributed by atoms with van der Waals surface area (Å²) in [7, 11) is 3.15. The van der Waals surface area contributed by atoms with Gasteiger partial charge >= 0.3 is 0 Å². The summed E-state index contributed by atoms with van der Waals surface area (Å²) in [6, 6.07) is 3.67. The number of nitrogens with two attached hydrogens (primary N) is 1. The molecule has 0 bridgehead atoms. The molecule has 2 rings (SSSR count). The van der Waals surface area contributed by atoms with E-state index in [0.29, 0.717) is 11.5 Å². The molecule has 112 valence electrons. The molecule has 1 aliphatic carbocycles. The van der Waals surface area contributed by atoms with Crippen LogP contribution >= 0.6 is 0 Å². The molecule has 5 heteroatoms. The molecule has 0 aromatic heterocycles. The van der Waals surface area contributed by atoms with E-state index in [4.69, 9.17) is 15.2 Å². The van der Waals surface area contributed by atoms with Crippen LogP contribution in [0.4, 0.5) is 8.78 Å². The van der Waals surface area contributed by atoms with Crippen molar-refractivity contribution in [2.75, 3.05) is 14.2 Å². The molecule has 0 spiro atoms. The van der Waals surface area contributed by atoms with Gasteiger partial charge in [0.2, 0.25) is 5.92 Å². The van der Waals surface area contributed by atoms with E-state index in [1.54, 1.807) is 14.2 Å². The number of hydrogen-bond acceptors (Lipinski definition) is 3. The van der Waals surface area contributed by atoms with Crippen LogP contribution in [0.3, 0.4) is 0 Å². The van der Waals surface area contributed by atoms with Gasteiger partial charge in [-0.15, -0.1) is 0 Å². The fraction of sp³-hybridized carbons (Fsp3) is 0.600. The maximum atomic E-state index is 13.3. The van der Waals surface area contributed by atoms with Gasteiger partial charge in [0.05, 0.1) is 14.2 Å².